The molecule has 0 radical (unpaired) electrons. The number of likely N-dealkylation sites (tertiary alicyclic amines) is 1. The summed E-state index contributed by atoms with van der Waals surface area (Å²) in [6.45, 7) is 4.43. The van der Waals surface area contributed by atoms with Crippen LogP contribution in [-0.2, 0) is 6.54 Å². The number of anilines is 1. The van der Waals surface area contributed by atoms with E-state index >= 15 is 0 Å². The molecule has 2 aromatic heterocycles. The molecule has 0 spiro atoms. The number of piperidine rings is 1. The van der Waals surface area contributed by atoms with Crippen LogP contribution in [0.25, 0.3) is 0 Å². The number of rotatable bonds is 6. The third-order valence-electron chi connectivity index (χ3n) is 4.86. The molecule has 1 aliphatic rings. The molecule has 1 fully saturated rings. The van der Waals surface area contributed by atoms with Gasteiger partial charge in [-0.15, -0.1) is 0 Å². The monoisotopic (exact) mass is 404 g/mol. The standard InChI is InChI=1S/C19H25FN6O3/c1-3-22-18(28)25-19-23-10-13(29-19)11-26-8-6-12(7-9-26)14-4-5-15(17(27)21-2)24-16(14)20/h4-5,10,12H,3,6-9,11H2,1-2H3,(H,21,27)(H2,22,23,25,28). The number of nitrogens with one attached hydrogen (secondary N) is 3. The summed E-state index contributed by atoms with van der Waals surface area (Å²) in [6.07, 6.45) is 3.14. The number of pyridine rings is 1. The van der Waals surface area contributed by atoms with Crippen molar-refractivity contribution < 1.29 is 18.4 Å². The zero-order valence-electron chi connectivity index (χ0n) is 16.5. The van der Waals surface area contributed by atoms with Crippen LogP contribution in [0.4, 0.5) is 15.2 Å². The van der Waals surface area contributed by atoms with E-state index in [1.54, 1.807) is 18.3 Å². The lowest BCUT2D eigenvalue weighted by Crippen LogP contribution is -2.32. The molecule has 2 aromatic rings. The minimum atomic E-state index is -0.583. The van der Waals surface area contributed by atoms with Gasteiger partial charge in [0.25, 0.3) is 5.91 Å². The third kappa shape index (κ3) is 5.29. The van der Waals surface area contributed by atoms with Gasteiger partial charge in [0.1, 0.15) is 11.5 Å². The van der Waals surface area contributed by atoms with Crippen molar-refractivity contribution in [3.8, 4) is 0 Å². The molecule has 9 nitrogen and oxygen atoms in total. The Bertz CT molecular complexity index is 863. The summed E-state index contributed by atoms with van der Waals surface area (Å²) >= 11 is 0. The second-order valence-electron chi connectivity index (χ2n) is 6.82. The van der Waals surface area contributed by atoms with E-state index in [0.717, 1.165) is 25.9 Å². The maximum atomic E-state index is 14.4. The van der Waals surface area contributed by atoms with Crippen molar-refractivity contribution in [1.82, 2.24) is 25.5 Å². The van der Waals surface area contributed by atoms with E-state index in [0.29, 0.717) is 24.4 Å². The first-order valence-electron chi connectivity index (χ1n) is 9.60. The average Bonchev–Trinajstić information content (AvgIpc) is 3.14. The molecule has 29 heavy (non-hydrogen) atoms. The summed E-state index contributed by atoms with van der Waals surface area (Å²) in [7, 11) is 1.49. The molecule has 0 saturated carbocycles. The van der Waals surface area contributed by atoms with Gasteiger partial charge in [0, 0.05) is 19.2 Å². The van der Waals surface area contributed by atoms with Crippen molar-refractivity contribution in [3.63, 3.8) is 0 Å². The second-order valence-corrected chi connectivity index (χ2v) is 6.82. The number of hydrogen-bond donors (Lipinski definition) is 3. The van der Waals surface area contributed by atoms with Crippen molar-refractivity contribution in [2.24, 2.45) is 0 Å². The van der Waals surface area contributed by atoms with Crippen molar-refractivity contribution in [2.75, 3.05) is 32.0 Å². The van der Waals surface area contributed by atoms with E-state index in [1.807, 2.05) is 6.92 Å². The van der Waals surface area contributed by atoms with Gasteiger partial charge in [-0.25, -0.2) is 14.8 Å². The number of urea groups is 1. The van der Waals surface area contributed by atoms with Crippen LogP contribution < -0.4 is 16.0 Å². The minimum absolute atomic E-state index is 0.0576. The Balaban J connectivity index is 1.53. The van der Waals surface area contributed by atoms with Crippen LogP contribution in [0.2, 0.25) is 0 Å². The molecule has 0 bridgehead atoms. The lowest BCUT2D eigenvalue weighted by Gasteiger charge is -2.31. The van der Waals surface area contributed by atoms with Crippen molar-refractivity contribution in [3.05, 3.63) is 41.3 Å². The van der Waals surface area contributed by atoms with Crippen molar-refractivity contribution in [2.45, 2.75) is 32.2 Å². The van der Waals surface area contributed by atoms with Gasteiger partial charge in [0.15, 0.2) is 0 Å². The van der Waals surface area contributed by atoms with Gasteiger partial charge in [-0.2, -0.15) is 4.39 Å². The largest absolute Gasteiger partial charge is 0.427 e. The number of hydrogen-bond acceptors (Lipinski definition) is 6. The van der Waals surface area contributed by atoms with E-state index in [2.05, 4.69) is 30.8 Å². The molecule has 0 aromatic carbocycles. The highest BCUT2D eigenvalue weighted by molar-refractivity contribution is 5.92. The smallest absolute Gasteiger partial charge is 0.322 e. The summed E-state index contributed by atoms with van der Waals surface area (Å²) in [5, 5.41) is 7.57. The Labute approximate surface area is 168 Å². The Kier molecular flexibility index (Phi) is 6.76. The van der Waals surface area contributed by atoms with Gasteiger partial charge in [-0.1, -0.05) is 6.07 Å². The van der Waals surface area contributed by atoms with Crippen LogP contribution in [0, 0.1) is 5.95 Å². The first-order chi connectivity index (χ1) is 14.0. The normalized spacial score (nSPS) is 15.1. The van der Waals surface area contributed by atoms with E-state index in [4.69, 9.17) is 4.42 Å². The lowest BCUT2D eigenvalue weighted by molar-refractivity contribution is 0.0957. The zero-order chi connectivity index (χ0) is 20.8. The minimum Gasteiger partial charge on any atom is -0.427 e. The number of halogens is 1. The maximum Gasteiger partial charge on any atom is 0.322 e. The fourth-order valence-corrected chi connectivity index (χ4v) is 3.37. The summed E-state index contributed by atoms with van der Waals surface area (Å²) in [4.78, 5) is 33.1. The van der Waals surface area contributed by atoms with Gasteiger partial charge in [0.05, 0.1) is 12.7 Å². The van der Waals surface area contributed by atoms with Crippen LogP contribution >= 0.6 is 0 Å². The summed E-state index contributed by atoms with van der Waals surface area (Å²) in [5.74, 6) is -0.278. The van der Waals surface area contributed by atoms with E-state index in [1.165, 1.54) is 7.05 Å². The van der Waals surface area contributed by atoms with Crippen LogP contribution in [0.1, 0.15) is 47.5 Å². The van der Waals surface area contributed by atoms with Crippen LogP contribution in [-0.4, -0.2) is 53.5 Å². The highest BCUT2D eigenvalue weighted by atomic mass is 19.1. The fourth-order valence-electron chi connectivity index (χ4n) is 3.37. The van der Waals surface area contributed by atoms with E-state index < -0.39 is 11.9 Å². The number of nitrogens with zero attached hydrogens (tertiary/aromatic N) is 3. The van der Waals surface area contributed by atoms with Gasteiger partial charge >= 0.3 is 12.0 Å². The number of amides is 3. The zero-order valence-corrected chi connectivity index (χ0v) is 16.5. The molecule has 3 N–H and O–H groups in total. The highest BCUT2D eigenvalue weighted by Gasteiger charge is 2.25. The first kappa shape index (κ1) is 20.7. The predicted molar refractivity (Wildman–Crippen MR) is 104 cm³/mol. The van der Waals surface area contributed by atoms with Crippen LogP contribution in [0.3, 0.4) is 0 Å². The number of carbonyl (C=O) groups excluding carboxylic acids is 2. The Morgan fingerprint density at radius 2 is 2.07 bits per heavy atom. The maximum absolute atomic E-state index is 14.4. The molecule has 10 heteroatoms. The highest BCUT2D eigenvalue weighted by Crippen LogP contribution is 2.30. The Morgan fingerprint density at radius 3 is 2.72 bits per heavy atom. The van der Waals surface area contributed by atoms with Gasteiger partial charge in [-0.3, -0.25) is 15.0 Å². The quantitative estimate of drug-likeness (QED) is 0.636. The van der Waals surface area contributed by atoms with E-state index in [9.17, 15) is 14.0 Å². The molecule has 3 heterocycles. The SMILES string of the molecule is CCNC(=O)Nc1ncc(CN2CCC(c3ccc(C(=O)NC)nc3F)CC2)o1. The van der Waals surface area contributed by atoms with Crippen LogP contribution in [0.15, 0.2) is 22.7 Å². The molecule has 3 rings (SSSR count). The Hall–Kier alpha value is -3.01. The second kappa shape index (κ2) is 9.46. The average molecular weight is 404 g/mol. The molecule has 1 saturated heterocycles. The van der Waals surface area contributed by atoms with Gasteiger partial charge in [-0.05, 0) is 44.8 Å². The topological polar surface area (TPSA) is 112 Å². The molecule has 0 atom stereocenters. The summed E-state index contributed by atoms with van der Waals surface area (Å²) in [6, 6.07) is 3.01. The van der Waals surface area contributed by atoms with Crippen molar-refractivity contribution in [1.29, 1.82) is 0 Å². The summed E-state index contributed by atoms with van der Waals surface area (Å²) < 4.78 is 19.9. The molecular formula is C19H25FN6O3. The lowest BCUT2D eigenvalue weighted by atomic mass is 9.90. The fraction of sp³-hybridized carbons (Fsp3) is 0.474. The molecule has 3 amide bonds. The van der Waals surface area contributed by atoms with Crippen molar-refractivity contribution >= 4 is 18.0 Å². The molecule has 1 aliphatic heterocycles. The third-order valence-corrected chi connectivity index (χ3v) is 4.86. The molecule has 0 unspecified atom stereocenters. The number of oxazole rings is 1. The van der Waals surface area contributed by atoms with Gasteiger partial charge < -0.3 is 15.1 Å². The van der Waals surface area contributed by atoms with Crippen LogP contribution in [0.5, 0.6) is 0 Å². The number of aromatic nitrogens is 2. The molecular weight excluding hydrogens is 379 g/mol. The number of carbonyl (C=O) groups is 2. The van der Waals surface area contributed by atoms with Gasteiger partial charge in [0.2, 0.25) is 5.95 Å². The Morgan fingerprint density at radius 1 is 1.31 bits per heavy atom. The summed E-state index contributed by atoms with van der Waals surface area (Å²) in [5.41, 5.74) is 0.624. The molecule has 0 aliphatic carbocycles. The predicted octanol–water partition coefficient (Wildman–Crippen LogP) is 2.09. The molecule has 156 valence electrons. The van der Waals surface area contributed by atoms with E-state index in [-0.39, 0.29) is 23.7 Å². The first-order valence-corrected chi connectivity index (χ1v) is 9.60.